The van der Waals surface area contributed by atoms with Gasteiger partial charge in [0.05, 0.1) is 0 Å². The minimum absolute atomic E-state index is 0. The normalized spacial score (nSPS) is 8.96. The first kappa shape index (κ1) is 30.5. The number of nitrogens with two attached hydrogens (primary N) is 2. The molecule has 9 heteroatoms. The van der Waals surface area contributed by atoms with Crippen LogP contribution in [0.15, 0.2) is 36.4 Å². The molecule has 0 bridgehead atoms. The molecule has 2 aromatic rings. The molecule has 0 saturated heterocycles. The van der Waals surface area contributed by atoms with Gasteiger partial charge in [-0.05, 0) is 61.4 Å². The quantitative estimate of drug-likeness (QED) is 0.301. The highest BCUT2D eigenvalue weighted by Crippen LogP contribution is 2.16. The molecule has 5 nitrogen and oxygen atoms in total. The molecule has 2 rings (SSSR count). The predicted molar refractivity (Wildman–Crippen MR) is 130 cm³/mol. The van der Waals surface area contributed by atoms with Crippen LogP contribution < -0.4 is 27.4 Å². The molecule has 0 atom stereocenters. The van der Waals surface area contributed by atoms with Crippen LogP contribution >= 0.6 is 49.6 Å². The van der Waals surface area contributed by atoms with Crippen molar-refractivity contribution in [2.75, 3.05) is 48.3 Å². The summed E-state index contributed by atoms with van der Waals surface area (Å²) < 4.78 is 0. The summed E-state index contributed by atoms with van der Waals surface area (Å²) in [6.07, 6.45) is 0. The number of rotatable bonds is 8. The Labute approximate surface area is 187 Å². The summed E-state index contributed by atoms with van der Waals surface area (Å²) in [5, 5.41) is 10.2. The molecule has 2 aromatic carbocycles. The van der Waals surface area contributed by atoms with Crippen LogP contribution in [0, 0.1) is 13.8 Å². The lowest BCUT2D eigenvalue weighted by atomic mass is 10.2. The van der Waals surface area contributed by atoms with E-state index < -0.39 is 0 Å². The Morgan fingerprint density at radius 3 is 1.33 bits per heavy atom. The lowest BCUT2D eigenvalue weighted by molar-refractivity contribution is 0.719. The Balaban J connectivity index is -0.00000144. The standard InChI is InChI=1S/C18H27N5.4ClH/c1-13-11-15(3-5-17(13)19)22-9-7-21-8-10-23-16-4-6-18(20)14(2)12-16;;;;/h3-6,11-12,21-23H,7-10,19-20H2,1-2H3;4*1H. The van der Waals surface area contributed by atoms with Crippen LogP contribution in [0.5, 0.6) is 0 Å². The van der Waals surface area contributed by atoms with E-state index in [0.29, 0.717) is 0 Å². The fourth-order valence-electron chi connectivity index (χ4n) is 2.29. The zero-order valence-electron chi connectivity index (χ0n) is 15.6. The maximum atomic E-state index is 5.81. The average Bonchev–Trinajstić information content (AvgIpc) is 2.53. The topological polar surface area (TPSA) is 88.1 Å². The molecule has 0 aliphatic rings. The van der Waals surface area contributed by atoms with Crippen molar-refractivity contribution in [3.63, 3.8) is 0 Å². The summed E-state index contributed by atoms with van der Waals surface area (Å²) in [5.41, 5.74) is 17.7. The highest BCUT2D eigenvalue weighted by atomic mass is 35.5. The van der Waals surface area contributed by atoms with Crippen LogP contribution in [0.25, 0.3) is 0 Å². The van der Waals surface area contributed by atoms with Crippen LogP contribution in [-0.4, -0.2) is 26.2 Å². The van der Waals surface area contributed by atoms with Crippen molar-refractivity contribution in [1.82, 2.24) is 5.32 Å². The second-order valence-corrected chi connectivity index (χ2v) is 5.75. The number of hydrogen-bond donors (Lipinski definition) is 5. The number of aryl methyl sites for hydroxylation is 2. The van der Waals surface area contributed by atoms with E-state index in [0.717, 1.165) is 60.1 Å². The predicted octanol–water partition coefficient (Wildman–Crippen LogP) is 4.27. The Hall–Kier alpha value is -1.24. The average molecular weight is 459 g/mol. The van der Waals surface area contributed by atoms with Crippen LogP contribution in [0.1, 0.15) is 11.1 Å². The summed E-state index contributed by atoms with van der Waals surface area (Å²) in [6.45, 7) is 7.61. The molecule has 0 spiro atoms. The minimum atomic E-state index is 0. The third-order valence-electron chi connectivity index (χ3n) is 3.80. The first-order valence-corrected chi connectivity index (χ1v) is 7.97. The van der Waals surface area contributed by atoms with Crippen LogP contribution in [0.3, 0.4) is 0 Å². The van der Waals surface area contributed by atoms with E-state index in [-0.39, 0.29) is 49.6 Å². The van der Waals surface area contributed by atoms with Crippen molar-refractivity contribution in [3.05, 3.63) is 47.5 Å². The van der Waals surface area contributed by atoms with Gasteiger partial charge in [-0.3, -0.25) is 0 Å². The van der Waals surface area contributed by atoms with E-state index in [9.17, 15) is 0 Å². The van der Waals surface area contributed by atoms with Crippen molar-refractivity contribution < 1.29 is 0 Å². The van der Waals surface area contributed by atoms with E-state index in [1.54, 1.807) is 0 Å². The molecule has 0 amide bonds. The number of anilines is 4. The highest BCUT2D eigenvalue weighted by molar-refractivity contribution is 5.86. The molecule has 0 heterocycles. The SMILES string of the molecule is Cc1cc(NCCNCCNc2ccc(N)c(C)c2)ccc1N.Cl.Cl.Cl.Cl. The Morgan fingerprint density at radius 2 is 1.00 bits per heavy atom. The van der Waals surface area contributed by atoms with Gasteiger partial charge in [-0.25, -0.2) is 0 Å². The van der Waals surface area contributed by atoms with Gasteiger partial charge in [0.2, 0.25) is 0 Å². The van der Waals surface area contributed by atoms with E-state index >= 15 is 0 Å². The van der Waals surface area contributed by atoms with Crippen molar-refractivity contribution >= 4 is 72.4 Å². The van der Waals surface area contributed by atoms with Crippen molar-refractivity contribution in [2.24, 2.45) is 0 Å². The number of benzene rings is 2. The summed E-state index contributed by atoms with van der Waals surface area (Å²) in [5.74, 6) is 0. The van der Waals surface area contributed by atoms with E-state index in [2.05, 4.69) is 28.1 Å². The van der Waals surface area contributed by atoms with Crippen LogP contribution in [0.4, 0.5) is 22.7 Å². The van der Waals surface area contributed by atoms with Gasteiger partial charge in [-0.15, -0.1) is 49.6 Å². The molecule has 0 aromatic heterocycles. The molecule has 0 unspecified atom stereocenters. The minimum Gasteiger partial charge on any atom is -0.399 e. The van der Waals surface area contributed by atoms with Crippen LogP contribution in [-0.2, 0) is 0 Å². The summed E-state index contributed by atoms with van der Waals surface area (Å²) in [7, 11) is 0. The third-order valence-corrected chi connectivity index (χ3v) is 3.80. The number of nitrogen functional groups attached to an aromatic ring is 2. The van der Waals surface area contributed by atoms with E-state index in [4.69, 9.17) is 11.5 Å². The Kier molecular flexibility index (Phi) is 17.8. The van der Waals surface area contributed by atoms with Gasteiger partial charge in [-0.1, -0.05) is 0 Å². The first-order valence-electron chi connectivity index (χ1n) is 7.97. The first-order chi connectivity index (χ1) is 11.1. The van der Waals surface area contributed by atoms with Gasteiger partial charge >= 0.3 is 0 Å². The van der Waals surface area contributed by atoms with Gasteiger partial charge < -0.3 is 27.4 Å². The molecule has 156 valence electrons. The highest BCUT2D eigenvalue weighted by Gasteiger charge is 1.97. The molecule has 0 saturated carbocycles. The van der Waals surface area contributed by atoms with Gasteiger partial charge in [0, 0.05) is 48.9 Å². The Bertz CT molecular complexity index is 600. The lowest BCUT2D eigenvalue weighted by Gasteiger charge is -2.11. The number of halogens is 4. The van der Waals surface area contributed by atoms with Crippen molar-refractivity contribution in [1.29, 1.82) is 0 Å². The monoisotopic (exact) mass is 457 g/mol. The van der Waals surface area contributed by atoms with Gasteiger partial charge in [-0.2, -0.15) is 0 Å². The van der Waals surface area contributed by atoms with Gasteiger partial charge in [0.1, 0.15) is 0 Å². The maximum absolute atomic E-state index is 5.81. The fraction of sp³-hybridized carbons (Fsp3) is 0.333. The molecular formula is C18H31Cl4N5. The summed E-state index contributed by atoms with van der Waals surface area (Å²) >= 11 is 0. The maximum Gasteiger partial charge on any atom is 0.0345 e. The second-order valence-electron chi connectivity index (χ2n) is 5.75. The van der Waals surface area contributed by atoms with Crippen LogP contribution in [0.2, 0.25) is 0 Å². The second kappa shape index (κ2) is 15.8. The lowest BCUT2D eigenvalue weighted by Crippen LogP contribution is -2.27. The zero-order valence-corrected chi connectivity index (χ0v) is 18.8. The van der Waals surface area contributed by atoms with E-state index in [1.807, 2.05) is 38.1 Å². The largest absolute Gasteiger partial charge is 0.399 e. The molecule has 0 radical (unpaired) electrons. The zero-order chi connectivity index (χ0) is 16.7. The number of nitrogens with one attached hydrogen (secondary N) is 3. The summed E-state index contributed by atoms with van der Waals surface area (Å²) in [4.78, 5) is 0. The molecule has 0 aliphatic carbocycles. The van der Waals surface area contributed by atoms with Gasteiger partial charge in [0.15, 0.2) is 0 Å². The molecule has 0 fully saturated rings. The van der Waals surface area contributed by atoms with Crippen molar-refractivity contribution in [3.8, 4) is 0 Å². The molecular weight excluding hydrogens is 428 g/mol. The molecule has 27 heavy (non-hydrogen) atoms. The van der Waals surface area contributed by atoms with E-state index in [1.165, 1.54) is 0 Å². The molecule has 7 N–H and O–H groups in total. The smallest absolute Gasteiger partial charge is 0.0345 e. The third kappa shape index (κ3) is 10.6. The summed E-state index contributed by atoms with van der Waals surface area (Å²) in [6, 6.07) is 12.0. The van der Waals surface area contributed by atoms with Gasteiger partial charge in [0.25, 0.3) is 0 Å². The Morgan fingerprint density at radius 1 is 0.630 bits per heavy atom. The van der Waals surface area contributed by atoms with Crippen molar-refractivity contribution in [2.45, 2.75) is 13.8 Å². The number of hydrogen-bond acceptors (Lipinski definition) is 5. The fourth-order valence-corrected chi connectivity index (χ4v) is 2.29. The molecule has 0 aliphatic heterocycles.